The highest BCUT2D eigenvalue weighted by molar-refractivity contribution is 6.30. The van der Waals surface area contributed by atoms with E-state index in [1.165, 1.54) is 0 Å². The van der Waals surface area contributed by atoms with E-state index in [4.69, 9.17) is 23.2 Å². The SMILES string of the molecule is C[C@@H]1C/C(=C/c2ccc(Cl)cc2)C2=NN(C(=O)C(F)(F)F)[C@@H](c3ccc(Cl)cc3)[C@H]2C1. The fraction of sp³-hybridized carbons (Fsp3) is 0.304. The van der Waals surface area contributed by atoms with Gasteiger partial charge >= 0.3 is 12.1 Å². The third-order valence-corrected chi connectivity index (χ3v) is 6.14. The number of carbonyl (C=O) groups excluding carboxylic acids is 1. The lowest BCUT2D eigenvalue weighted by atomic mass is 9.73. The van der Waals surface area contributed by atoms with E-state index in [1.807, 2.05) is 18.2 Å². The van der Waals surface area contributed by atoms with Crippen LogP contribution in [0.5, 0.6) is 0 Å². The van der Waals surface area contributed by atoms with Crippen molar-refractivity contribution >= 4 is 40.9 Å². The number of fused-ring (bicyclic) bond motifs is 1. The first kappa shape index (κ1) is 21.9. The lowest BCUT2D eigenvalue weighted by molar-refractivity contribution is -0.188. The van der Waals surface area contributed by atoms with Crippen LogP contribution < -0.4 is 0 Å². The van der Waals surface area contributed by atoms with Crippen molar-refractivity contribution in [2.45, 2.75) is 32.0 Å². The molecule has 4 rings (SSSR count). The second kappa shape index (κ2) is 8.32. The number of hydrogen-bond acceptors (Lipinski definition) is 2. The summed E-state index contributed by atoms with van der Waals surface area (Å²) in [5.74, 6) is -2.08. The maximum atomic E-state index is 13.4. The molecule has 2 aliphatic rings. The molecule has 1 aliphatic carbocycles. The molecule has 1 heterocycles. The summed E-state index contributed by atoms with van der Waals surface area (Å²) in [4.78, 5) is 12.3. The maximum Gasteiger partial charge on any atom is 0.473 e. The second-order valence-corrected chi connectivity index (χ2v) is 8.87. The molecule has 31 heavy (non-hydrogen) atoms. The Morgan fingerprint density at radius 3 is 2.23 bits per heavy atom. The molecule has 1 fully saturated rings. The van der Waals surface area contributed by atoms with Gasteiger partial charge in [0, 0.05) is 16.0 Å². The fourth-order valence-corrected chi connectivity index (χ4v) is 4.59. The molecule has 0 spiro atoms. The lowest BCUT2D eigenvalue weighted by Crippen LogP contribution is -2.40. The predicted octanol–water partition coefficient (Wildman–Crippen LogP) is 6.92. The highest BCUT2D eigenvalue weighted by atomic mass is 35.5. The Balaban J connectivity index is 1.80. The van der Waals surface area contributed by atoms with Crippen molar-refractivity contribution < 1.29 is 18.0 Å². The van der Waals surface area contributed by atoms with Gasteiger partial charge in [-0.1, -0.05) is 54.4 Å². The van der Waals surface area contributed by atoms with Crippen LogP contribution in [0.4, 0.5) is 13.2 Å². The summed E-state index contributed by atoms with van der Waals surface area (Å²) in [5.41, 5.74) is 2.82. The highest BCUT2D eigenvalue weighted by Gasteiger charge is 2.52. The van der Waals surface area contributed by atoms with Gasteiger partial charge in [-0.3, -0.25) is 4.79 Å². The third kappa shape index (κ3) is 4.51. The molecule has 0 unspecified atom stereocenters. The average molecular weight is 467 g/mol. The molecule has 1 saturated carbocycles. The smallest absolute Gasteiger partial charge is 0.262 e. The minimum Gasteiger partial charge on any atom is -0.262 e. The second-order valence-electron chi connectivity index (χ2n) is 8.00. The van der Waals surface area contributed by atoms with Gasteiger partial charge in [0.25, 0.3) is 0 Å². The molecule has 0 radical (unpaired) electrons. The van der Waals surface area contributed by atoms with Crippen molar-refractivity contribution in [2.24, 2.45) is 16.9 Å². The van der Waals surface area contributed by atoms with Crippen LogP contribution in [0.25, 0.3) is 6.08 Å². The fourth-order valence-electron chi connectivity index (χ4n) is 4.34. The lowest BCUT2D eigenvalue weighted by Gasteiger charge is -2.32. The quantitative estimate of drug-likeness (QED) is 0.472. The van der Waals surface area contributed by atoms with Crippen LogP contribution in [0.1, 0.15) is 36.9 Å². The summed E-state index contributed by atoms with van der Waals surface area (Å²) in [5, 5.41) is 5.91. The molecule has 2 aromatic rings. The average Bonchev–Trinajstić information content (AvgIpc) is 3.08. The first-order valence-electron chi connectivity index (χ1n) is 9.84. The number of benzene rings is 2. The summed E-state index contributed by atoms with van der Waals surface area (Å²) >= 11 is 11.9. The number of allylic oxidation sites excluding steroid dienone is 1. The Morgan fingerprint density at radius 1 is 1.06 bits per heavy atom. The molecular formula is C23H19Cl2F3N2O. The largest absolute Gasteiger partial charge is 0.473 e. The van der Waals surface area contributed by atoms with Crippen molar-refractivity contribution in [3.8, 4) is 0 Å². The first-order chi connectivity index (χ1) is 14.6. The Hall–Kier alpha value is -2.31. The third-order valence-electron chi connectivity index (χ3n) is 5.64. The van der Waals surface area contributed by atoms with E-state index in [2.05, 4.69) is 12.0 Å². The molecule has 0 bridgehead atoms. The van der Waals surface area contributed by atoms with E-state index < -0.39 is 18.1 Å². The Labute approximate surface area is 188 Å². The molecule has 1 aliphatic heterocycles. The normalized spacial score (nSPS) is 24.8. The summed E-state index contributed by atoms with van der Waals surface area (Å²) in [6.07, 6.45) is -1.81. The molecule has 1 amide bonds. The van der Waals surface area contributed by atoms with Gasteiger partial charge in [-0.2, -0.15) is 18.3 Å². The van der Waals surface area contributed by atoms with E-state index in [0.29, 0.717) is 39.2 Å². The van der Waals surface area contributed by atoms with Gasteiger partial charge in [0.2, 0.25) is 0 Å². The van der Waals surface area contributed by atoms with E-state index in [1.54, 1.807) is 36.4 Å². The zero-order chi connectivity index (χ0) is 22.3. The zero-order valence-electron chi connectivity index (χ0n) is 16.5. The Morgan fingerprint density at radius 2 is 1.65 bits per heavy atom. The molecule has 3 nitrogen and oxygen atoms in total. The van der Waals surface area contributed by atoms with E-state index in [9.17, 15) is 18.0 Å². The number of nitrogens with zero attached hydrogens (tertiary/aromatic N) is 2. The number of halogens is 5. The number of carbonyl (C=O) groups is 1. The summed E-state index contributed by atoms with van der Waals surface area (Å²) in [6, 6.07) is 12.9. The Bertz CT molecular complexity index is 1050. The molecule has 0 saturated heterocycles. The zero-order valence-corrected chi connectivity index (χ0v) is 18.0. The molecule has 162 valence electrons. The van der Waals surface area contributed by atoms with Crippen molar-refractivity contribution in [3.63, 3.8) is 0 Å². The monoisotopic (exact) mass is 466 g/mol. The predicted molar refractivity (Wildman–Crippen MR) is 116 cm³/mol. The van der Waals surface area contributed by atoms with Gasteiger partial charge in [0.1, 0.15) is 0 Å². The summed E-state index contributed by atoms with van der Waals surface area (Å²) in [7, 11) is 0. The number of hydrogen-bond donors (Lipinski definition) is 0. The minimum absolute atomic E-state index is 0.221. The molecular weight excluding hydrogens is 448 g/mol. The Kier molecular flexibility index (Phi) is 5.88. The van der Waals surface area contributed by atoms with Crippen LogP contribution in [0.3, 0.4) is 0 Å². The van der Waals surface area contributed by atoms with Crippen LogP contribution >= 0.6 is 23.2 Å². The molecule has 2 aromatic carbocycles. The molecule has 0 aromatic heterocycles. The van der Waals surface area contributed by atoms with Gasteiger partial charge in [-0.05, 0) is 65.8 Å². The van der Waals surface area contributed by atoms with Crippen molar-refractivity contribution in [3.05, 3.63) is 75.3 Å². The van der Waals surface area contributed by atoms with E-state index in [0.717, 1.165) is 11.1 Å². The van der Waals surface area contributed by atoms with Gasteiger partial charge in [-0.25, -0.2) is 5.01 Å². The standard InChI is InChI=1S/C23H19Cl2F3N2O/c1-13-10-16(12-14-2-6-17(24)7-3-14)20-19(11-13)21(15-4-8-18(25)9-5-15)30(29-20)22(31)23(26,27)28/h2-9,12-13,19,21H,10-11H2,1H3/b16-12-/t13-,19+,21+/m1/s1. The number of rotatable bonds is 2. The maximum absolute atomic E-state index is 13.4. The van der Waals surface area contributed by atoms with Crippen LogP contribution in [-0.2, 0) is 4.79 Å². The van der Waals surface area contributed by atoms with Crippen LogP contribution in [0, 0.1) is 11.8 Å². The molecule has 3 atom stereocenters. The summed E-state index contributed by atoms with van der Waals surface area (Å²) < 4.78 is 40.1. The highest BCUT2D eigenvalue weighted by Crippen LogP contribution is 2.47. The molecule has 0 N–H and O–H groups in total. The van der Waals surface area contributed by atoms with Gasteiger partial charge in [0.05, 0.1) is 11.8 Å². The van der Waals surface area contributed by atoms with E-state index >= 15 is 0 Å². The number of hydrazone groups is 1. The summed E-state index contributed by atoms with van der Waals surface area (Å²) in [6.45, 7) is 2.06. The van der Waals surface area contributed by atoms with Gasteiger partial charge < -0.3 is 0 Å². The number of amides is 1. The molecule has 8 heteroatoms. The van der Waals surface area contributed by atoms with Crippen LogP contribution in [-0.4, -0.2) is 22.8 Å². The van der Waals surface area contributed by atoms with Crippen molar-refractivity contribution in [2.75, 3.05) is 0 Å². The van der Waals surface area contributed by atoms with E-state index in [-0.39, 0.29) is 11.8 Å². The topological polar surface area (TPSA) is 32.7 Å². The van der Waals surface area contributed by atoms with Gasteiger partial charge in [0.15, 0.2) is 0 Å². The van der Waals surface area contributed by atoms with Crippen molar-refractivity contribution in [1.29, 1.82) is 0 Å². The minimum atomic E-state index is -5.02. The number of alkyl halides is 3. The van der Waals surface area contributed by atoms with Crippen LogP contribution in [0.15, 0.2) is 59.2 Å². The van der Waals surface area contributed by atoms with Crippen molar-refractivity contribution in [1.82, 2.24) is 5.01 Å². The van der Waals surface area contributed by atoms with Crippen LogP contribution in [0.2, 0.25) is 10.0 Å². The first-order valence-corrected chi connectivity index (χ1v) is 10.6. The van der Waals surface area contributed by atoms with Gasteiger partial charge in [-0.15, -0.1) is 0 Å².